The average molecular weight is 261 g/mol. The maximum Gasteiger partial charge on any atom is 0.332 e. The molecule has 0 aliphatic carbocycles. The van der Waals surface area contributed by atoms with E-state index in [0.717, 1.165) is 6.42 Å². The predicted molar refractivity (Wildman–Crippen MR) is 66.1 cm³/mol. The number of carbonyl (C=O) groups is 2. The molecule has 98 valence electrons. The van der Waals surface area contributed by atoms with Crippen molar-refractivity contribution in [3.63, 3.8) is 0 Å². The highest BCUT2D eigenvalue weighted by Crippen LogP contribution is 2.20. The van der Waals surface area contributed by atoms with Crippen molar-refractivity contribution in [2.75, 3.05) is 12.8 Å². The van der Waals surface area contributed by atoms with Gasteiger partial charge < -0.3 is 15.2 Å². The lowest BCUT2D eigenvalue weighted by Gasteiger charge is -2.13. The van der Waals surface area contributed by atoms with Gasteiger partial charge in [0.2, 0.25) is 5.91 Å². The molecule has 0 spiro atoms. The smallest absolute Gasteiger partial charge is 0.332 e. The van der Waals surface area contributed by atoms with E-state index >= 15 is 0 Å². The van der Waals surface area contributed by atoms with Gasteiger partial charge >= 0.3 is 5.97 Å². The summed E-state index contributed by atoms with van der Waals surface area (Å²) in [5.74, 6) is -1.18. The number of carboxylic acids is 1. The van der Waals surface area contributed by atoms with Crippen LogP contribution in [0.5, 0.6) is 0 Å². The molecule has 1 rings (SSSR count). The van der Waals surface area contributed by atoms with Crippen LogP contribution in [-0.4, -0.2) is 47.2 Å². The van der Waals surface area contributed by atoms with Gasteiger partial charge in [0.25, 0.3) is 0 Å². The number of aliphatic carboxylic acids is 1. The summed E-state index contributed by atoms with van der Waals surface area (Å²) in [6.07, 6.45) is 2.41. The Morgan fingerprint density at radius 2 is 2.12 bits per heavy atom. The Balaban J connectivity index is 2.23. The van der Waals surface area contributed by atoms with E-state index in [9.17, 15) is 9.59 Å². The minimum atomic E-state index is -0.990. The molecular weight excluding hydrogens is 242 g/mol. The first kappa shape index (κ1) is 14.3. The van der Waals surface area contributed by atoms with Gasteiger partial charge in [-0.25, -0.2) is 4.79 Å². The summed E-state index contributed by atoms with van der Waals surface area (Å²) in [4.78, 5) is 22.3. The summed E-state index contributed by atoms with van der Waals surface area (Å²) < 4.78 is 5.15. The lowest BCUT2D eigenvalue weighted by Crippen LogP contribution is -2.36. The third-order valence-electron chi connectivity index (χ3n) is 2.84. The molecular formula is C11H19NO4S. The van der Waals surface area contributed by atoms with Crippen LogP contribution >= 0.6 is 11.8 Å². The largest absolute Gasteiger partial charge is 0.479 e. The summed E-state index contributed by atoms with van der Waals surface area (Å²) in [5.41, 5.74) is 0. The topological polar surface area (TPSA) is 75.6 Å². The lowest BCUT2D eigenvalue weighted by molar-refractivity contribution is -0.151. The molecule has 3 atom stereocenters. The summed E-state index contributed by atoms with van der Waals surface area (Å²) >= 11 is 1.75. The van der Waals surface area contributed by atoms with E-state index < -0.39 is 18.2 Å². The second-order valence-corrected chi connectivity index (χ2v) is 5.43. The van der Waals surface area contributed by atoms with Crippen LogP contribution in [-0.2, 0) is 14.3 Å². The third kappa shape index (κ3) is 4.55. The fraction of sp³-hybridized carbons (Fsp3) is 0.818. The van der Waals surface area contributed by atoms with Crippen molar-refractivity contribution < 1.29 is 19.4 Å². The van der Waals surface area contributed by atoms with Crippen LogP contribution in [0.2, 0.25) is 0 Å². The molecule has 1 heterocycles. The molecule has 2 N–H and O–H groups in total. The van der Waals surface area contributed by atoms with Gasteiger partial charge in [0.1, 0.15) is 6.10 Å². The molecule has 0 aromatic rings. The van der Waals surface area contributed by atoms with Crippen LogP contribution in [0.1, 0.15) is 26.2 Å². The maximum absolute atomic E-state index is 11.6. The molecule has 17 heavy (non-hydrogen) atoms. The van der Waals surface area contributed by atoms with Crippen LogP contribution in [0, 0.1) is 0 Å². The second kappa shape index (κ2) is 6.86. The molecule has 1 aliphatic heterocycles. The van der Waals surface area contributed by atoms with E-state index in [1.807, 2.05) is 6.26 Å². The molecule has 1 unspecified atom stereocenters. The Morgan fingerprint density at radius 3 is 2.65 bits per heavy atom. The van der Waals surface area contributed by atoms with Crippen LogP contribution in [0.3, 0.4) is 0 Å². The van der Waals surface area contributed by atoms with E-state index in [4.69, 9.17) is 9.84 Å². The highest BCUT2D eigenvalue weighted by Gasteiger charge is 2.34. The Labute approximate surface area is 105 Å². The first-order chi connectivity index (χ1) is 8.04. The molecule has 0 aromatic carbocycles. The van der Waals surface area contributed by atoms with Crippen LogP contribution in [0.15, 0.2) is 0 Å². The third-order valence-corrected chi connectivity index (χ3v) is 3.88. The molecule has 5 nitrogen and oxygen atoms in total. The van der Waals surface area contributed by atoms with Crippen molar-refractivity contribution >= 4 is 23.6 Å². The van der Waals surface area contributed by atoms with Gasteiger partial charge in [-0.1, -0.05) is 6.92 Å². The predicted octanol–water partition coefficient (Wildman–Crippen LogP) is 0.876. The van der Waals surface area contributed by atoms with Crippen molar-refractivity contribution in [1.29, 1.82) is 0 Å². The van der Waals surface area contributed by atoms with Crippen molar-refractivity contribution in [2.45, 2.75) is 43.6 Å². The Morgan fingerprint density at radius 1 is 1.47 bits per heavy atom. The summed E-state index contributed by atoms with van der Waals surface area (Å²) in [5, 5.41) is 12.0. The van der Waals surface area contributed by atoms with Crippen molar-refractivity contribution in [1.82, 2.24) is 5.32 Å². The van der Waals surface area contributed by atoms with Crippen molar-refractivity contribution in [3.8, 4) is 0 Å². The molecule has 1 fully saturated rings. The lowest BCUT2D eigenvalue weighted by atomic mass is 10.2. The highest BCUT2D eigenvalue weighted by atomic mass is 32.2. The zero-order valence-electron chi connectivity index (χ0n) is 10.1. The highest BCUT2D eigenvalue weighted by molar-refractivity contribution is 7.99. The normalized spacial score (nSPS) is 25.5. The number of rotatable bonds is 6. The van der Waals surface area contributed by atoms with E-state index in [1.54, 1.807) is 11.8 Å². The van der Waals surface area contributed by atoms with E-state index in [0.29, 0.717) is 24.6 Å². The molecule has 6 heteroatoms. The van der Waals surface area contributed by atoms with Gasteiger partial charge in [-0.2, -0.15) is 11.8 Å². The molecule has 0 saturated carbocycles. The molecule has 1 saturated heterocycles. The minimum absolute atomic E-state index is 0.193. The number of carboxylic acid groups (broad SMARTS) is 1. The Kier molecular flexibility index (Phi) is 5.77. The first-order valence-corrected chi connectivity index (χ1v) is 7.02. The molecule has 1 amide bonds. The number of thioether (sulfide) groups is 1. The van der Waals surface area contributed by atoms with Crippen LogP contribution in [0.25, 0.3) is 0 Å². The quantitative estimate of drug-likeness (QED) is 0.742. The summed E-state index contributed by atoms with van der Waals surface area (Å²) in [7, 11) is 0. The molecule has 0 bridgehead atoms. The fourth-order valence-electron chi connectivity index (χ4n) is 1.64. The Bertz CT molecular complexity index is 285. The fourth-order valence-corrected chi connectivity index (χ4v) is 2.00. The van der Waals surface area contributed by atoms with Gasteiger partial charge in [0.05, 0.1) is 0 Å². The second-order valence-electron chi connectivity index (χ2n) is 4.15. The summed E-state index contributed by atoms with van der Waals surface area (Å²) in [6, 6.07) is 0. The number of hydrogen-bond acceptors (Lipinski definition) is 4. The molecule has 1 aliphatic rings. The van der Waals surface area contributed by atoms with Gasteiger partial charge in [-0.3, -0.25) is 4.79 Å². The number of hydrogen-bond donors (Lipinski definition) is 2. The van der Waals surface area contributed by atoms with E-state index in [-0.39, 0.29) is 5.91 Å². The Hall–Kier alpha value is -0.750. The van der Waals surface area contributed by atoms with Gasteiger partial charge in [-0.05, 0) is 25.5 Å². The average Bonchev–Trinajstić information content (AvgIpc) is 2.78. The molecule has 0 aromatic heterocycles. The summed E-state index contributed by atoms with van der Waals surface area (Å²) in [6.45, 7) is 2.71. The van der Waals surface area contributed by atoms with Gasteiger partial charge in [0, 0.05) is 11.8 Å². The number of ether oxygens (including phenoxy) is 1. The van der Waals surface area contributed by atoms with Crippen molar-refractivity contribution in [2.24, 2.45) is 0 Å². The van der Waals surface area contributed by atoms with Crippen molar-refractivity contribution in [3.05, 3.63) is 0 Å². The standard InChI is InChI=1S/C11H19NO4S/c1-7(17-2)5-6-12-10(13)8-3-4-9(16-8)11(14)15/h7-9H,3-6H2,1-2H3,(H,12,13)(H,14,15)/t7?,8-,9+/m0/s1. The molecule has 0 radical (unpaired) electrons. The number of nitrogens with one attached hydrogen (secondary N) is 1. The van der Waals surface area contributed by atoms with E-state index in [2.05, 4.69) is 12.2 Å². The SMILES string of the molecule is CSC(C)CCNC(=O)[C@@H]1CC[C@H](C(=O)O)O1. The van der Waals surface area contributed by atoms with Crippen LogP contribution < -0.4 is 5.32 Å². The van der Waals surface area contributed by atoms with Crippen LogP contribution in [0.4, 0.5) is 0 Å². The monoisotopic (exact) mass is 261 g/mol. The van der Waals surface area contributed by atoms with Gasteiger partial charge in [0.15, 0.2) is 6.10 Å². The zero-order valence-corrected chi connectivity index (χ0v) is 11.0. The number of carbonyl (C=O) groups excluding carboxylic acids is 1. The van der Waals surface area contributed by atoms with Gasteiger partial charge in [-0.15, -0.1) is 0 Å². The zero-order chi connectivity index (χ0) is 12.8. The first-order valence-electron chi connectivity index (χ1n) is 5.73. The number of amides is 1. The van der Waals surface area contributed by atoms with E-state index in [1.165, 1.54) is 0 Å². The maximum atomic E-state index is 11.6. The minimum Gasteiger partial charge on any atom is -0.479 e.